The zero-order chi connectivity index (χ0) is 20.1. The Bertz CT molecular complexity index is 1010. The van der Waals surface area contributed by atoms with Gasteiger partial charge in [-0.05, 0) is 24.0 Å². The highest BCUT2D eigenvalue weighted by molar-refractivity contribution is 6.02. The van der Waals surface area contributed by atoms with E-state index in [4.69, 9.17) is 4.84 Å². The summed E-state index contributed by atoms with van der Waals surface area (Å²) < 4.78 is 2.20. The van der Waals surface area contributed by atoms with Gasteiger partial charge in [-0.3, -0.25) is 9.63 Å². The maximum absolute atomic E-state index is 12.2. The summed E-state index contributed by atoms with van der Waals surface area (Å²) in [7, 11) is 0. The number of nitrogens with one attached hydrogen (secondary N) is 3. The lowest BCUT2D eigenvalue weighted by Gasteiger charge is -2.14. The number of anilines is 1. The molecule has 3 aromatic rings. The highest BCUT2D eigenvalue weighted by atomic mass is 16.6. The van der Waals surface area contributed by atoms with Crippen LogP contribution in [-0.2, 0) is 29.2 Å². The van der Waals surface area contributed by atoms with Gasteiger partial charge in [0, 0.05) is 31.1 Å². The number of carbonyl (C=O) groups is 2. The molecule has 7 nitrogen and oxygen atoms in total. The van der Waals surface area contributed by atoms with E-state index in [0.717, 1.165) is 36.0 Å². The van der Waals surface area contributed by atoms with Crippen LogP contribution in [0.2, 0.25) is 0 Å². The zero-order valence-corrected chi connectivity index (χ0v) is 16.1. The lowest BCUT2D eigenvalue weighted by atomic mass is 10.0. The van der Waals surface area contributed by atoms with Crippen LogP contribution in [0, 0.1) is 0 Å². The van der Waals surface area contributed by atoms with Crippen molar-refractivity contribution in [1.82, 2.24) is 15.4 Å². The largest absolute Gasteiger partial charge is 0.345 e. The normalized spacial score (nSPS) is 12.6. The van der Waals surface area contributed by atoms with Gasteiger partial charge in [0.15, 0.2) is 0 Å². The third-order valence-corrected chi connectivity index (χ3v) is 4.98. The topological polar surface area (TPSA) is 84.4 Å². The maximum Gasteiger partial charge on any atom is 0.319 e. The first kappa shape index (κ1) is 19.0. The van der Waals surface area contributed by atoms with Crippen molar-refractivity contribution >= 4 is 28.5 Å². The summed E-state index contributed by atoms with van der Waals surface area (Å²) in [6, 6.07) is 15.4. The summed E-state index contributed by atoms with van der Waals surface area (Å²) >= 11 is 0. The average molecular weight is 392 g/mol. The molecule has 0 fully saturated rings. The molecule has 4 rings (SSSR count). The van der Waals surface area contributed by atoms with Gasteiger partial charge in [0.25, 0.3) is 0 Å². The summed E-state index contributed by atoms with van der Waals surface area (Å²) in [6.07, 6.45) is 4.29. The van der Waals surface area contributed by atoms with Crippen molar-refractivity contribution in [3.63, 3.8) is 0 Å². The Kier molecular flexibility index (Phi) is 5.76. The lowest BCUT2D eigenvalue weighted by molar-refractivity contribution is -0.134. The number of carbonyl (C=O) groups excluding carboxylic acids is 2. The lowest BCUT2D eigenvalue weighted by Crippen LogP contribution is -2.33. The Morgan fingerprint density at radius 2 is 1.93 bits per heavy atom. The third kappa shape index (κ3) is 4.57. The first-order valence-electron chi connectivity index (χ1n) is 9.81. The summed E-state index contributed by atoms with van der Waals surface area (Å²) in [5, 5.41) is 6.66. The second-order valence-electron chi connectivity index (χ2n) is 7.08. The van der Waals surface area contributed by atoms with Crippen LogP contribution in [-0.4, -0.2) is 23.1 Å². The Morgan fingerprint density at radius 3 is 2.79 bits per heavy atom. The minimum atomic E-state index is -0.327. The average Bonchev–Trinajstić information content (AvgIpc) is 3.08. The van der Waals surface area contributed by atoms with E-state index in [2.05, 4.69) is 26.7 Å². The predicted octanol–water partition coefficient (Wildman–Crippen LogP) is 3.35. The molecular weight excluding hydrogens is 368 g/mol. The number of benzene rings is 2. The van der Waals surface area contributed by atoms with Crippen LogP contribution >= 0.6 is 0 Å². The van der Waals surface area contributed by atoms with Crippen LogP contribution < -0.4 is 16.1 Å². The zero-order valence-electron chi connectivity index (χ0n) is 16.1. The van der Waals surface area contributed by atoms with E-state index in [1.807, 2.05) is 48.7 Å². The van der Waals surface area contributed by atoms with Crippen LogP contribution in [0.15, 0.2) is 54.7 Å². The Balaban J connectivity index is 1.22. The first-order chi connectivity index (χ1) is 14.2. The summed E-state index contributed by atoms with van der Waals surface area (Å²) in [5.74, 6) is -0.284. The number of hydrogen-bond acceptors (Lipinski definition) is 3. The van der Waals surface area contributed by atoms with E-state index in [0.29, 0.717) is 6.61 Å². The number of hydrogen-bond donors (Lipinski definition) is 3. The van der Waals surface area contributed by atoms with Crippen LogP contribution in [0.5, 0.6) is 0 Å². The van der Waals surface area contributed by atoms with Gasteiger partial charge in [0.05, 0.1) is 17.8 Å². The van der Waals surface area contributed by atoms with Crippen molar-refractivity contribution in [3.8, 4) is 0 Å². The van der Waals surface area contributed by atoms with E-state index < -0.39 is 0 Å². The Labute approximate surface area is 169 Å². The van der Waals surface area contributed by atoms with Gasteiger partial charge in [-0.15, -0.1) is 0 Å². The van der Waals surface area contributed by atoms with Crippen molar-refractivity contribution in [3.05, 3.63) is 65.9 Å². The predicted molar refractivity (Wildman–Crippen MR) is 111 cm³/mol. The minimum Gasteiger partial charge on any atom is -0.345 e. The summed E-state index contributed by atoms with van der Waals surface area (Å²) in [4.78, 5) is 29.2. The molecule has 29 heavy (non-hydrogen) atoms. The van der Waals surface area contributed by atoms with Gasteiger partial charge in [-0.25, -0.2) is 10.3 Å². The summed E-state index contributed by atoms with van der Waals surface area (Å²) in [5.41, 5.74) is 6.66. The van der Waals surface area contributed by atoms with Crippen molar-refractivity contribution in [2.24, 2.45) is 0 Å². The molecule has 2 heterocycles. The van der Waals surface area contributed by atoms with Gasteiger partial charge in [-0.1, -0.05) is 48.5 Å². The monoisotopic (exact) mass is 392 g/mol. The van der Waals surface area contributed by atoms with Crippen molar-refractivity contribution in [1.29, 1.82) is 0 Å². The molecule has 0 atom stereocenters. The quantitative estimate of drug-likeness (QED) is 0.539. The fourth-order valence-corrected chi connectivity index (χ4v) is 3.64. The van der Waals surface area contributed by atoms with Crippen molar-refractivity contribution in [2.75, 3.05) is 11.9 Å². The highest BCUT2D eigenvalue weighted by Crippen LogP contribution is 2.32. The van der Waals surface area contributed by atoms with E-state index in [-0.39, 0.29) is 24.9 Å². The van der Waals surface area contributed by atoms with Gasteiger partial charge in [0.1, 0.15) is 0 Å². The fraction of sp³-hybridized carbons (Fsp3) is 0.273. The molecule has 0 aliphatic carbocycles. The van der Waals surface area contributed by atoms with Crippen molar-refractivity contribution in [2.45, 2.75) is 32.4 Å². The maximum atomic E-state index is 12.2. The van der Waals surface area contributed by atoms with E-state index >= 15 is 0 Å². The van der Waals surface area contributed by atoms with E-state index in [1.165, 1.54) is 11.1 Å². The molecule has 3 amide bonds. The van der Waals surface area contributed by atoms with E-state index in [1.54, 1.807) is 0 Å². The molecule has 7 heteroatoms. The fourth-order valence-electron chi connectivity index (χ4n) is 3.64. The first-order valence-corrected chi connectivity index (χ1v) is 9.81. The molecule has 1 aliphatic rings. The number of amides is 3. The SMILES string of the molecule is O=C(CCNC(=O)Nc1cn2c3c(cccc13)CCC2)NOCc1ccccc1. The number of rotatable bonds is 7. The highest BCUT2D eigenvalue weighted by Gasteiger charge is 2.16. The molecule has 1 aliphatic heterocycles. The second-order valence-corrected chi connectivity index (χ2v) is 7.08. The minimum absolute atomic E-state index is 0.133. The van der Waals surface area contributed by atoms with Crippen LogP contribution in [0.1, 0.15) is 24.0 Å². The van der Waals surface area contributed by atoms with Gasteiger partial charge >= 0.3 is 6.03 Å². The molecular formula is C22H24N4O3. The Hall–Kier alpha value is -3.32. The molecule has 1 aromatic heterocycles. The van der Waals surface area contributed by atoms with Gasteiger partial charge < -0.3 is 15.2 Å². The van der Waals surface area contributed by atoms with Gasteiger partial charge in [0.2, 0.25) is 5.91 Å². The molecule has 0 unspecified atom stereocenters. The molecule has 150 valence electrons. The van der Waals surface area contributed by atoms with Crippen molar-refractivity contribution < 1.29 is 14.4 Å². The molecule has 0 saturated heterocycles. The number of para-hydroxylation sites is 1. The molecule has 0 radical (unpaired) electrons. The Morgan fingerprint density at radius 1 is 1.07 bits per heavy atom. The van der Waals surface area contributed by atoms with E-state index in [9.17, 15) is 9.59 Å². The number of hydroxylamine groups is 1. The molecule has 3 N–H and O–H groups in total. The number of aromatic nitrogens is 1. The number of nitrogens with zero attached hydrogens (tertiary/aromatic N) is 1. The molecule has 0 spiro atoms. The molecule has 0 bridgehead atoms. The standard InChI is InChI=1S/C22H24N4O3/c27-20(25-29-15-16-6-2-1-3-7-16)11-12-23-22(28)24-19-14-26-13-5-9-17-8-4-10-18(19)21(17)26/h1-4,6-8,10,14H,5,9,11-13,15H2,(H,25,27)(H2,23,24,28). The molecule has 0 saturated carbocycles. The smallest absolute Gasteiger partial charge is 0.319 e. The number of aryl methyl sites for hydroxylation is 2. The van der Waals surface area contributed by atoms with Crippen LogP contribution in [0.25, 0.3) is 10.9 Å². The summed E-state index contributed by atoms with van der Waals surface area (Å²) in [6.45, 7) is 1.47. The van der Waals surface area contributed by atoms with Crippen LogP contribution in [0.4, 0.5) is 10.5 Å². The second kappa shape index (κ2) is 8.79. The van der Waals surface area contributed by atoms with Gasteiger partial charge in [-0.2, -0.15) is 0 Å². The third-order valence-electron chi connectivity index (χ3n) is 4.98. The van der Waals surface area contributed by atoms with Crippen LogP contribution in [0.3, 0.4) is 0 Å². The number of urea groups is 1. The molecule has 2 aromatic carbocycles.